The minimum atomic E-state index is 0.553. The Morgan fingerprint density at radius 3 is 2.78 bits per heavy atom. The molecule has 18 heavy (non-hydrogen) atoms. The maximum absolute atomic E-state index is 3.80. The van der Waals surface area contributed by atoms with Crippen LogP contribution >= 0.6 is 27.7 Å². The second kappa shape index (κ2) is 6.97. The van der Waals surface area contributed by atoms with Gasteiger partial charge in [0.2, 0.25) is 0 Å². The zero-order valence-corrected chi connectivity index (χ0v) is 13.6. The summed E-state index contributed by atoms with van der Waals surface area (Å²) >= 11 is 5.59. The summed E-state index contributed by atoms with van der Waals surface area (Å²) in [5.41, 5.74) is 1.41. The quantitative estimate of drug-likeness (QED) is 0.887. The molecule has 3 unspecified atom stereocenters. The van der Waals surface area contributed by atoms with Crippen molar-refractivity contribution in [2.75, 3.05) is 5.75 Å². The Morgan fingerprint density at radius 2 is 2.11 bits per heavy atom. The van der Waals surface area contributed by atoms with E-state index in [1.165, 1.54) is 24.2 Å². The van der Waals surface area contributed by atoms with Crippen LogP contribution < -0.4 is 5.32 Å². The largest absolute Gasteiger partial charge is 0.310 e. The van der Waals surface area contributed by atoms with Gasteiger partial charge in [-0.15, -0.1) is 0 Å². The molecule has 0 aromatic heterocycles. The second-order valence-corrected chi connectivity index (χ2v) is 7.62. The molecule has 1 aromatic carbocycles. The third-order valence-electron chi connectivity index (χ3n) is 3.56. The van der Waals surface area contributed by atoms with Gasteiger partial charge in [-0.1, -0.05) is 35.0 Å². The second-order valence-electron chi connectivity index (χ2n) is 5.22. The number of thioether (sulfide) groups is 1. The van der Waals surface area contributed by atoms with E-state index in [-0.39, 0.29) is 0 Å². The van der Waals surface area contributed by atoms with Crippen LogP contribution in [-0.2, 0) is 6.42 Å². The summed E-state index contributed by atoms with van der Waals surface area (Å²) in [4.78, 5) is 0. The molecule has 0 bridgehead atoms. The van der Waals surface area contributed by atoms with Crippen molar-refractivity contribution < 1.29 is 0 Å². The zero-order chi connectivity index (χ0) is 13.0. The molecular formula is C15H22BrNS. The fraction of sp³-hybridized carbons (Fsp3) is 0.600. The van der Waals surface area contributed by atoms with Crippen LogP contribution in [0, 0.1) is 0 Å². The average Bonchev–Trinajstić information content (AvgIpc) is 2.35. The lowest BCUT2D eigenvalue weighted by molar-refractivity contribution is 0.408. The highest BCUT2D eigenvalue weighted by Crippen LogP contribution is 2.25. The highest BCUT2D eigenvalue weighted by Gasteiger charge is 2.22. The fourth-order valence-corrected chi connectivity index (χ4v) is 3.96. The first kappa shape index (κ1) is 14.4. The first-order valence-corrected chi connectivity index (χ1v) is 8.61. The molecule has 2 rings (SSSR count). The number of nitrogens with one attached hydrogen (secondary N) is 1. The summed E-state index contributed by atoms with van der Waals surface area (Å²) in [6, 6.07) is 9.91. The Balaban J connectivity index is 1.84. The minimum Gasteiger partial charge on any atom is -0.310 e. The molecule has 1 fully saturated rings. The van der Waals surface area contributed by atoms with E-state index in [1.807, 2.05) is 0 Å². The maximum Gasteiger partial charge on any atom is 0.0186 e. The van der Waals surface area contributed by atoms with Crippen LogP contribution in [0.2, 0.25) is 0 Å². The molecule has 1 aromatic rings. The summed E-state index contributed by atoms with van der Waals surface area (Å²) in [5.74, 6) is 1.33. The van der Waals surface area contributed by atoms with Crippen molar-refractivity contribution in [1.29, 1.82) is 0 Å². The van der Waals surface area contributed by atoms with Gasteiger partial charge >= 0.3 is 0 Å². The molecule has 100 valence electrons. The Morgan fingerprint density at radius 1 is 1.39 bits per heavy atom. The van der Waals surface area contributed by atoms with Crippen LogP contribution in [0.15, 0.2) is 28.7 Å². The van der Waals surface area contributed by atoms with E-state index >= 15 is 0 Å². The maximum atomic E-state index is 3.80. The van der Waals surface area contributed by atoms with E-state index in [9.17, 15) is 0 Å². The highest BCUT2D eigenvalue weighted by molar-refractivity contribution is 9.10. The van der Waals surface area contributed by atoms with Gasteiger partial charge in [-0.25, -0.2) is 0 Å². The molecule has 3 atom stereocenters. The Kier molecular flexibility index (Phi) is 5.58. The number of rotatable bonds is 4. The molecule has 1 N–H and O–H groups in total. The third-order valence-corrected chi connectivity index (χ3v) is 5.47. The molecule has 0 saturated carbocycles. The SMILES string of the molecule is CC(Cc1ccc(Br)cc1)NC1CCCSC1C. The van der Waals surface area contributed by atoms with Crippen LogP contribution in [0.4, 0.5) is 0 Å². The Hall–Kier alpha value is 0.01000. The summed E-state index contributed by atoms with van der Waals surface area (Å²) in [6.45, 7) is 4.65. The van der Waals surface area contributed by atoms with Crippen LogP contribution in [0.25, 0.3) is 0 Å². The number of hydrogen-bond acceptors (Lipinski definition) is 2. The van der Waals surface area contributed by atoms with Gasteiger partial charge in [-0.05, 0) is 49.6 Å². The van der Waals surface area contributed by atoms with Crippen LogP contribution in [0.3, 0.4) is 0 Å². The topological polar surface area (TPSA) is 12.0 Å². The molecule has 1 heterocycles. The van der Waals surface area contributed by atoms with Gasteiger partial charge in [0, 0.05) is 21.8 Å². The number of hydrogen-bond donors (Lipinski definition) is 1. The van der Waals surface area contributed by atoms with Crippen molar-refractivity contribution in [1.82, 2.24) is 5.32 Å². The molecule has 0 aliphatic carbocycles. The molecule has 1 aliphatic rings. The van der Waals surface area contributed by atoms with Crippen molar-refractivity contribution in [3.05, 3.63) is 34.3 Å². The van der Waals surface area contributed by atoms with Crippen LogP contribution in [0.1, 0.15) is 32.3 Å². The molecule has 0 spiro atoms. The van der Waals surface area contributed by atoms with Gasteiger partial charge in [0.15, 0.2) is 0 Å². The summed E-state index contributed by atoms with van der Waals surface area (Å²) in [5, 5.41) is 4.55. The van der Waals surface area contributed by atoms with E-state index < -0.39 is 0 Å². The summed E-state index contributed by atoms with van der Waals surface area (Å²) < 4.78 is 1.16. The van der Waals surface area contributed by atoms with Crippen molar-refractivity contribution in [2.24, 2.45) is 0 Å². The molecule has 1 nitrogen and oxygen atoms in total. The first-order chi connectivity index (χ1) is 8.65. The van der Waals surface area contributed by atoms with Crippen molar-refractivity contribution >= 4 is 27.7 Å². The predicted molar refractivity (Wildman–Crippen MR) is 85.4 cm³/mol. The number of halogens is 1. The minimum absolute atomic E-state index is 0.553. The van der Waals surface area contributed by atoms with Crippen LogP contribution in [-0.4, -0.2) is 23.1 Å². The Bertz CT molecular complexity index is 365. The molecule has 1 saturated heterocycles. The van der Waals surface area contributed by atoms with E-state index in [4.69, 9.17) is 0 Å². The average molecular weight is 328 g/mol. The lowest BCUT2D eigenvalue weighted by Crippen LogP contribution is -2.44. The summed E-state index contributed by atoms with van der Waals surface area (Å²) in [6.07, 6.45) is 3.80. The fourth-order valence-electron chi connectivity index (χ4n) is 2.54. The summed E-state index contributed by atoms with van der Waals surface area (Å²) in [7, 11) is 0. The molecule has 3 heteroatoms. The lowest BCUT2D eigenvalue weighted by atomic mass is 10.0. The van der Waals surface area contributed by atoms with Gasteiger partial charge in [0.1, 0.15) is 0 Å². The van der Waals surface area contributed by atoms with E-state index in [2.05, 4.69) is 71.1 Å². The normalized spacial score (nSPS) is 25.9. The molecule has 1 aliphatic heterocycles. The van der Waals surface area contributed by atoms with Gasteiger partial charge < -0.3 is 5.32 Å². The van der Waals surface area contributed by atoms with Gasteiger partial charge in [0.05, 0.1) is 0 Å². The van der Waals surface area contributed by atoms with Gasteiger partial charge in [-0.3, -0.25) is 0 Å². The van der Waals surface area contributed by atoms with Gasteiger partial charge in [-0.2, -0.15) is 11.8 Å². The van der Waals surface area contributed by atoms with Crippen molar-refractivity contribution in [3.8, 4) is 0 Å². The monoisotopic (exact) mass is 327 g/mol. The van der Waals surface area contributed by atoms with E-state index in [1.54, 1.807) is 0 Å². The van der Waals surface area contributed by atoms with Gasteiger partial charge in [0.25, 0.3) is 0 Å². The third kappa shape index (κ3) is 4.29. The highest BCUT2D eigenvalue weighted by atomic mass is 79.9. The first-order valence-electron chi connectivity index (χ1n) is 6.77. The predicted octanol–water partition coefficient (Wildman–Crippen LogP) is 4.25. The zero-order valence-electron chi connectivity index (χ0n) is 11.2. The molecule has 0 amide bonds. The van der Waals surface area contributed by atoms with Crippen molar-refractivity contribution in [2.45, 2.75) is 50.4 Å². The smallest absolute Gasteiger partial charge is 0.0186 e. The van der Waals surface area contributed by atoms with E-state index in [0.29, 0.717) is 12.1 Å². The standard InChI is InChI=1S/C15H22BrNS/c1-11(10-13-5-7-14(16)8-6-13)17-15-4-3-9-18-12(15)2/h5-8,11-12,15,17H,3-4,9-10H2,1-2H3. The number of benzene rings is 1. The van der Waals surface area contributed by atoms with E-state index in [0.717, 1.165) is 16.1 Å². The molecule has 0 radical (unpaired) electrons. The van der Waals surface area contributed by atoms with Crippen molar-refractivity contribution in [3.63, 3.8) is 0 Å². The Labute approximate surface area is 123 Å². The molecular weight excluding hydrogens is 306 g/mol. The lowest BCUT2D eigenvalue weighted by Gasteiger charge is -2.32. The van der Waals surface area contributed by atoms with Crippen LogP contribution in [0.5, 0.6) is 0 Å².